The van der Waals surface area contributed by atoms with E-state index in [1.54, 1.807) is 0 Å². The first kappa shape index (κ1) is 10.4. The van der Waals surface area contributed by atoms with Crippen LogP contribution in [0.1, 0.15) is 29.8 Å². The molecule has 1 N–H and O–H groups in total. The van der Waals surface area contributed by atoms with E-state index >= 15 is 0 Å². The molecule has 1 atom stereocenters. The van der Waals surface area contributed by atoms with Crippen LogP contribution in [0.15, 0.2) is 21.6 Å². The molecule has 1 aromatic heterocycles. The summed E-state index contributed by atoms with van der Waals surface area (Å²) < 4.78 is 16.6. The SMILES string of the molecule is O=C(O)c1ccc(S(=O)CCC2CC2)o1. The molecule has 1 heterocycles. The van der Waals surface area contributed by atoms with Crippen LogP contribution in [0.3, 0.4) is 0 Å². The van der Waals surface area contributed by atoms with Gasteiger partial charge in [0.25, 0.3) is 0 Å². The third-order valence-corrected chi connectivity index (χ3v) is 3.70. The van der Waals surface area contributed by atoms with Gasteiger partial charge in [0.05, 0.1) is 10.8 Å². The van der Waals surface area contributed by atoms with Crippen molar-refractivity contribution in [3.05, 3.63) is 17.9 Å². The first-order valence-electron chi connectivity index (χ1n) is 4.88. The molecular weight excluding hydrogens is 216 g/mol. The molecule has 2 rings (SSSR count). The second kappa shape index (κ2) is 4.18. The lowest BCUT2D eigenvalue weighted by Crippen LogP contribution is -1.98. The molecule has 5 heteroatoms. The van der Waals surface area contributed by atoms with Crippen molar-refractivity contribution in [2.75, 3.05) is 5.75 Å². The Labute approximate surface area is 89.7 Å². The lowest BCUT2D eigenvalue weighted by Gasteiger charge is -1.96. The van der Waals surface area contributed by atoms with Gasteiger partial charge in [0, 0.05) is 5.75 Å². The average Bonchev–Trinajstić information content (AvgIpc) is 2.88. The Morgan fingerprint density at radius 1 is 1.53 bits per heavy atom. The van der Waals surface area contributed by atoms with Crippen LogP contribution in [-0.2, 0) is 10.8 Å². The Morgan fingerprint density at radius 2 is 2.27 bits per heavy atom. The molecule has 0 spiro atoms. The molecule has 1 aromatic rings. The van der Waals surface area contributed by atoms with E-state index in [-0.39, 0.29) is 10.9 Å². The van der Waals surface area contributed by atoms with Crippen molar-refractivity contribution in [2.45, 2.75) is 24.4 Å². The van der Waals surface area contributed by atoms with E-state index in [9.17, 15) is 9.00 Å². The van der Waals surface area contributed by atoms with E-state index in [0.29, 0.717) is 5.75 Å². The lowest BCUT2D eigenvalue weighted by atomic mass is 10.3. The molecule has 15 heavy (non-hydrogen) atoms. The highest BCUT2D eigenvalue weighted by Gasteiger charge is 2.22. The Hall–Kier alpha value is -1.10. The van der Waals surface area contributed by atoms with Gasteiger partial charge in [0.2, 0.25) is 5.76 Å². The lowest BCUT2D eigenvalue weighted by molar-refractivity contribution is 0.0656. The summed E-state index contributed by atoms with van der Waals surface area (Å²) in [6, 6.07) is 2.82. The van der Waals surface area contributed by atoms with Gasteiger partial charge < -0.3 is 9.52 Å². The minimum Gasteiger partial charge on any atom is -0.475 e. The van der Waals surface area contributed by atoms with Gasteiger partial charge in [-0.15, -0.1) is 0 Å². The fraction of sp³-hybridized carbons (Fsp3) is 0.500. The quantitative estimate of drug-likeness (QED) is 0.835. The second-order valence-electron chi connectivity index (χ2n) is 3.71. The highest BCUT2D eigenvalue weighted by atomic mass is 32.2. The molecule has 0 aromatic carbocycles. The number of carbonyl (C=O) groups is 1. The maximum Gasteiger partial charge on any atom is 0.371 e. The van der Waals surface area contributed by atoms with Crippen LogP contribution in [0.4, 0.5) is 0 Å². The van der Waals surface area contributed by atoms with E-state index in [0.717, 1.165) is 12.3 Å². The van der Waals surface area contributed by atoms with E-state index in [4.69, 9.17) is 9.52 Å². The molecule has 0 radical (unpaired) electrons. The van der Waals surface area contributed by atoms with Crippen molar-refractivity contribution in [1.82, 2.24) is 0 Å². The predicted molar refractivity (Wildman–Crippen MR) is 54.3 cm³/mol. The van der Waals surface area contributed by atoms with Crippen molar-refractivity contribution in [2.24, 2.45) is 5.92 Å². The largest absolute Gasteiger partial charge is 0.475 e. The van der Waals surface area contributed by atoms with Crippen molar-refractivity contribution in [3.63, 3.8) is 0 Å². The second-order valence-corrected chi connectivity index (χ2v) is 5.21. The summed E-state index contributed by atoms with van der Waals surface area (Å²) in [5.74, 6) is 0.0186. The van der Waals surface area contributed by atoms with Crippen molar-refractivity contribution < 1.29 is 18.5 Å². The van der Waals surface area contributed by atoms with E-state index in [1.807, 2.05) is 0 Å². The predicted octanol–water partition coefficient (Wildman–Crippen LogP) is 1.89. The highest BCUT2D eigenvalue weighted by molar-refractivity contribution is 7.84. The van der Waals surface area contributed by atoms with Crippen LogP contribution in [-0.4, -0.2) is 21.0 Å². The molecule has 0 amide bonds. The number of hydrogen-bond donors (Lipinski definition) is 1. The van der Waals surface area contributed by atoms with Gasteiger partial charge >= 0.3 is 5.97 Å². The van der Waals surface area contributed by atoms with Gasteiger partial charge in [0.1, 0.15) is 0 Å². The van der Waals surface area contributed by atoms with Gasteiger partial charge in [-0.2, -0.15) is 0 Å². The molecule has 1 aliphatic carbocycles. The third kappa shape index (κ3) is 2.68. The van der Waals surface area contributed by atoms with E-state index in [2.05, 4.69) is 0 Å². The summed E-state index contributed by atoms with van der Waals surface area (Å²) >= 11 is 0. The summed E-state index contributed by atoms with van der Waals surface area (Å²) in [6.07, 6.45) is 3.40. The Balaban J connectivity index is 1.94. The molecule has 82 valence electrons. The smallest absolute Gasteiger partial charge is 0.371 e. The fourth-order valence-corrected chi connectivity index (χ4v) is 2.49. The zero-order chi connectivity index (χ0) is 10.8. The van der Waals surface area contributed by atoms with Crippen LogP contribution in [0.5, 0.6) is 0 Å². The summed E-state index contributed by atoms with van der Waals surface area (Å²) in [7, 11) is -1.19. The zero-order valence-corrected chi connectivity index (χ0v) is 8.96. The normalized spacial score (nSPS) is 17.6. The molecule has 1 unspecified atom stereocenters. The number of aromatic carboxylic acids is 1. The minimum absolute atomic E-state index is 0.148. The molecule has 0 saturated heterocycles. The van der Waals surface area contributed by atoms with Crippen molar-refractivity contribution in [1.29, 1.82) is 0 Å². The van der Waals surface area contributed by atoms with Crippen LogP contribution in [0, 0.1) is 5.92 Å². The molecule has 1 fully saturated rings. The number of rotatable bonds is 5. The monoisotopic (exact) mass is 228 g/mol. The minimum atomic E-state index is -1.19. The fourth-order valence-electron chi connectivity index (χ4n) is 1.34. The Morgan fingerprint density at radius 3 is 2.80 bits per heavy atom. The van der Waals surface area contributed by atoms with Gasteiger partial charge in [-0.25, -0.2) is 4.79 Å². The number of hydrogen-bond acceptors (Lipinski definition) is 3. The summed E-state index contributed by atoms with van der Waals surface area (Å²) in [5, 5.41) is 8.89. The summed E-state index contributed by atoms with van der Waals surface area (Å²) in [5.41, 5.74) is 0. The standard InChI is InChI=1S/C10H12O4S/c11-10(12)8-3-4-9(14-8)15(13)6-5-7-1-2-7/h3-4,7H,1-2,5-6H2,(H,11,12). The Bertz CT molecular complexity index is 392. The van der Waals surface area contributed by atoms with Crippen LogP contribution in [0.25, 0.3) is 0 Å². The van der Waals surface area contributed by atoms with Crippen LogP contribution in [0.2, 0.25) is 0 Å². The van der Waals surface area contributed by atoms with Crippen molar-refractivity contribution in [3.8, 4) is 0 Å². The van der Waals surface area contributed by atoms with Crippen molar-refractivity contribution >= 4 is 16.8 Å². The van der Waals surface area contributed by atoms with Gasteiger partial charge in [-0.1, -0.05) is 12.8 Å². The van der Waals surface area contributed by atoms with Gasteiger partial charge in [0.15, 0.2) is 5.09 Å². The maximum atomic E-state index is 11.6. The van der Waals surface area contributed by atoms with E-state index < -0.39 is 16.8 Å². The zero-order valence-electron chi connectivity index (χ0n) is 8.14. The molecule has 0 bridgehead atoms. The maximum absolute atomic E-state index is 11.6. The third-order valence-electron chi connectivity index (χ3n) is 2.42. The topological polar surface area (TPSA) is 67.5 Å². The summed E-state index contributed by atoms with van der Waals surface area (Å²) in [4.78, 5) is 10.5. The number of carboxylic acid groups (broad SMARTS) is 1. The average molecular weight is 228 g/mol. The summed E-state index contributed by atoms with van der Waals surface area (Å²) in [6.45, 7) is 0. The first-order valence-corrected chi connectivity index (χ1v) is 6.20. The van der Waals surface area contributed by atoms with Crippen LogP contribution < -0.4 is 0 Å². The van der Waals surface area contributed by atoms with Crippen LogP contribution >= 0.6 is 0 Å². The number of furan rings is 1. The van der Waals surface area contributed by atoms with Gasteiger partial charge in [-0.05, 0) is 24.5 Å². The van der Waals surface area contributed by atoms with E-state index in [1.165, 1.54) is 25.0 Å². The highest BCUT2D eigenvalue weighted by Crippen LogP contribution is 2.32. The number of carboxylic acids is 1. The molecule has 0 aliphatic heterocycles. The molecule has 1 saturated carbocycles. The molecule has 1 aliphatic rings. The molecular formula is C10H12O4S. The van der Waals surface area contributed by atoms with Gasteiger partial charge in [-0.3, -0.25) is 4.21 Å². The first-order chi connectivity index (χ1) is 7.16. The Kier molecular flexibility index (Phi) is 2.90. The molecule has 4 nitrogen and oxygen atoms in total.